The fourth-order valence-corrected chi connectivity index (χ4v) is 5.69. The fourth-order valence-electron chi connectivity index (χ4n) is 4.02. The van der Waals surface area contributed by atoms with Crippen LogP contribution >= 0.6 is 11.6 Å². The van der Waals surface area contributed by atoms with Gasteiger partial charge in [0.2, 0.25) is 0 Å². The second-order valence-electron chi connectivity index (χ2n) is 7.87. The molecular formula is C24H25ClN2O4S. The number of amides is 1. The van der Waals surface area contributed by atoms with Gasteiger partial charge in [-0.2, -0.15) is 0 Å². The number of benzene rings is 2. The summed E-state index contributed by atoms with van der Waals surface area (Å²) in [5.74, 6) is -0.464. The molecule has 0 N–H and O–H groups in total. The van der Waals surface area contributed by atoms with Gasteiger partial charge in [0.25, 0.3) is 5.91 Å². The predicted octanol–water partition coefficient (Wildman–Crippen LogP) is 4.43. The highest BCUT2D eigenvalue weighted by Gasteiger charge is 2.30. The van der Waals surface area contributed by atoms with E-state index in [1.807, 2.05) is 24.3 Å². The SMILES string of the molecule is CC(c1ccccc1Cl)N1CCN(C(=O)c2occc2CS(=O)(=O)c2ccccc2)CC1. The first kappa shape index (κ1) is 22.6. The summed E-state index contributed by atoms with van der Waals surface area (Å²) in [5, 5.41) is 0.735. The van der Waals surface area contributed by atoms with Gasteiger partial charge < -0.3 is 9.32 Å². The van der Waals surface area contributed by atoms with Crippen molar-refractivity contribution in [2.45, 2.75) is 23.6 Å². The summed E-state index contributed by atoms with van der Waals surface area (Å²) >= 11 is 6.35. The van der Waals surface area contributed by atoms with Crippen molar-refractivity contribution in [1.82, 2.24) is 9.80 Å². The van der Waals surface area contributed by atoms with Crippen molar-refractivity contribution in [2.75, 3.05) is 26.2 Å². The highest BCUT2D eigenvalue weighted by molar-refractivity contribution is 7.90. The van der Waals surface area contributed by atoms with Crippen LogP contribution in [0.2, 0.25) is 5.02 Å². The van der Waals surface area contributed by atoms with E-state index in [-0.39, 0.29) is 28.4 Å². The summed E-state index contributed by atoms with van der Waals surface area (Å²) in [4.78, 5) is 17.3. The molecule has 0 spiro atoms. The standard InChI is InChI=1S/C24H25ClN2O4S/c1-18(21-9-5-6-10-22(21)25)26-12-14-27(15-13-26)24(28)23-19(11-16-31-23)17-32(29,30)20-7-3-2-4-8-20/h2-11,16,18H,12-15,17H2,1H3. The molecule has 1 unspecified atom stereocenters. The minimum Gasteiger partial charge on any atom is -0.459 e. The maximum atomic E-state index is 13.1. The van der Waals surface area contributed by atoms with Crippen LogP contribution in [0.15, 0.2) is 76.2 Å². The van der Waals surface area contributed by atoms with Gasteiger partial charge in [0.15, 0.2) is 15.6 Å². The number of piperazine rings is 1. The average Bonchev–Trinajstić information content (AvgIpc) is 3.26. The Morgan fingerprint density at radius 2 is 1.66 bits per heavy atom. The van der Waals surface area contributed by atoms with E-state index in [9.17, 15) is 13.2 Å². The van der Waals surface area contributed by atoms with Crippen LogP contribution in [0.5, 0.6) is 0 Å². The molecule has 1 amide bonds. The van der Waals surface area contributed by atoms with Crippen LogP contribution in [-0.4, -0.2) is 50.3 Å². The van der Waals surface area contributed by atoms with Gasteiger partial charge in [-0.3, -0.25) is 9.69 Å². The third-order valence-electron chi connectivity index (χ3n) is 5.89. The zero-order valence-corrected chi connectivity index (χ0v) is 19.3. The molecular weight excluding hydrogens is 448 g/mol. The molecule has 4 rings (SSSR count). The van der Waals surface area contributed by atoms with Crippen molar-refractivity contribution in [1.29, 1.82) is 0 Å². The Balaban J connectivity index is 1.43. The average molecular weight is 473 g/mol. The maximum Gasteiger partial charge on any atom is 0.289 e. The van der Waals surface area contributed by atoms with Gasteiger partial charge in [-0.25, -0.2) is 8.42 Å². The van der Waals surface area contributed by atoms with Gasteiger partial charge in [-0.15, -0.1) is 0 Å². The van der Waals surface area contributed by atoms with Gasteiger partial charge in [0.1, 0.15) is 0 Å². The van der Waals surface area contributed by atoms with E-state index in [4.69, 9.17) is 16.0 Å². The third kappa shape index (κ3) is 4.75. The molecule has 1 fully saturated rings. The van der Waals surface area contributed by atoms with Crippen LogP contribution in [0.25, 0.3) is 0 Å². The number of hydrogen-bond donors (Lipinski definition) is 0. The fraction of sp³-hybridized carbons (Fsp3) is 0.292. The maximum absolute atomic E-state index is 13.1. The first-order valence-corrected chi connectivity index (χ1v) is 12.5. The number of furan rings is 1. The molecule has 1 saturated heterocycles. The first-order chi connectivity index (χ1) is 15.4. The Labute approximate surface area is 193 Å². The Morgan fingerprint density at radius 3 is 2.34 bits per heavy atom. The monoisotopic (exact) mass is 472 g/mol. The molecule has 2 aromatic carbocycles. The van der Waals surface area contributed by atoms with Crippen LogP contribution in [0.4, 0.5) is 0 Å². The van der Waals surface area contributed by atoms with E-state index in [1.54, 1.807) is 41.3 Å². The van der Waals surface area contributed by atoms with Crippen molar-refractivity contribution < 1.29 is 17.6 Å². The molecule has 8 heteroatoms. The second-order valence-corrected chi connectivity index (χ2v) is 10.3. The van der Waals surface area contributed by atoms with Crippen LogP contribution in [0, 0.1) is 0 Å². The predicted molar refractivity (Wildman–Crippen MR) is 123 cm³/mol. The molecule has 0 aliphatic carbocycles. The van der Waals surface area contributed by atoms with Gasteiger partial charge >= 0.3 is 0 Å². The van der Waals surface area contributed by atoms with E-state index in [0.29, 0.717) is 31.7 Å². The molecule has 1 atom stereocenters. The summed E-state index contributed by atoms with van der Waals surface area (Å²) < 4.78 is 30.9. The summed E-state index contributed by atoms with van der Waals surface area (Å²) in [5.41, 5.74) is 1.44. The Bertz CT molecular complexity index is 1190. The highest BCUT2D eigenvalue weighted by Crippen LogP contribution is 2.28. The molecule has 0 bridgehead atoms. The molecule has 32 heavy (non-hydrogen) atoms. The van der Waals surface area contributed by atoms with Crippen molar-refractivity contribution in [3.05, 3.63) is 88.8 Å². The molecule has 1 aliphatic heterocycles. The summed E-state index contributed by atoms with van der Waals surface area (Å²) in [7, 11) is -3.58. The smallest absolute Gasteiger partial charge is 0.289 e. The van der Waals surface area contributed by atoms with Crippen molar-refractivity contribution >= 4 is 27.3 Å². The second kappa shape index (κ2) is 9.48. The van der Waals surface area contributed by atoms with Crippen molar-refractivity contribution in [2.24, 2.45) is 0 Å². The van der Waals surface area contributed by atoms with E-state index < -0.39 is 9.84 Å². The minimum atomic E-state index is -3.58. The van der Waals surface area contributed by atoms with Crippen LogP contribution in [0.3, 0.4) is 0 Å². The largest absolute Gasteiger partial charge is 0.459 e. The molecule has 0 saturated carbocycles. The lowest BCUT2D eigenvalue weighted by molar-refractivity contribution is 0.0552. The van der Waals surface area contributed by atoms with Gasteiger partial charge in [-0.1, -0.05) is 48.0 Å². The molecule has 1 aliphatic rings. The zero-order valence-electron chi connectivity index (χ0n) is 17.8. The topological polar surface area (TPSA) is 70.8 Å². The number of rotatable bonds is 6. The third-order valence-corrected chi connectivity index (χ3v) is 7.92. The van der Waals surface area contributed by atoms with Gasteiger partial charge in [0.05, 0.1) is 16.9 Å². The molecule has 3 aromatic rings. The van der Waals surface area contributed by atoms with E-state index in [1.165, 1.54) is 6.26 Å². The van der Waals surface area contributed by atoms with Crippen LogP contribution < -0.4 is 0 Å². The molecule has 1 aromatic heterocycles. The number of halogens is 1. The number of nitrogens with zero attached hydrogens (tertiary/aromatic N) is 2. The molecule has 2 heterocycles. The summed E-state index contributed by atoms with van der Waals surface area (Å²) in [6.45, 7) is 4.54. The minimum absolute atomic E-state index is 0.0945. The van der Waals surface area contributed by atoms with Gasteiger partial charge in [-0.05, 0) is 36.8 Å². The first-order valence-electron chi connectivity index (χ1n) is 10.5. The van der Waals surface area contributed by atoms with E-state index >= 15 is 0 Å². The Hall–Kier alpha value is -2.61. The summed E-state index contributed by atoms with van der Waals surface area (Å²) in [6.07, 6.45) is 1.37. The van der Waals surface area contributed by atoms with E-state index in [0.717, 1.165) is 10.6 Å². The Morgan fingerprint density at radius 1 is 1.00 bits per heavy atom. The number of carbonyl (C=O) groups excluding carboxylic acids is 1. The number of hydrogen-bond acceptors (Lipinski definition) is 5. The number of sulfone groups is 1. The highest BCUT2D eigenvalue weighted by atomic mass is 35.5. The lowest BCUT2D eigenvalue weighted by Gasteiger charge is -2.38. The quantitative estimate of drug-likeness (QED) is 0.531. The molecule has 6 nitrogen and oxygen atoms in total. The molecule has 168 valence electrons. The zero-order chi connectivity index (χ0) is 22.7. The normalized spacial score (nSPS) is 16.1. The van der Waals surface area contributed by atoms with E-state index in [2.05, 4.69) is 11.8 Å². The van der Waals surface area contributed by atoms with Gasteiger partial charge in [0, 0.05) is 42.8 Å². The molecule has 0 radical (unpaired) electrons. The van der Waals surface area contributed by atoms with Crippen LogP contribution in [-0.2, 0) is 15.6 Å². The van der Waals surface area contributed by atoms with Crippen LogP contribution in [0.1, 0.15) is 34.6 Å². The number of carbonyl (C=O) groups is 1. The Kier molecular flexibility index (Phi) is 6.69. The lowest BCUT2D eigenvalue weighted by atomic mass is 10.1. The van der Waals surface area contributed by atoms with Crippen molar-refractivity contribution in [3.8, 4) is 0 Å². The van der Waals surface area contributed by atoms with Crippen molar-refractivity contribution in [3.63, 3.8) is 0 Å². The summed E-state index contributed by atoms with van der Waals surface area (Å²) in [6, 6.07) is 17.7. The lowest BCUT2D eigenvalue weighted by Crippen LogP contribution is -2.49.